The first kappa shape index (κ1) is 18.6. The topological polar surface area (TPSA) is 105 Å². The Morgan fingerprint density at radius 1 is 1.50 bits per heavy atom. The Labute approximate surface area is 158 Å². The number of nitrogens with one attached hydrogen (secondary N) is 1. The Kier molecular flexibility index (Phi) is 6.07. The number of ether oxygens (including phenoxy) is 1. The largest absolute Gasteiger partial charge is 0.497 e. The first-order valence-electron chi connectivity index (χ1n) is 7.93. The van der Waals surface area contributed by atoms with Gasteiger partial charge < -0.3 is 20.1 Å². The molecule has 1 aliphatic rings. The van der Waals surface area contributed by atoms with Crippen LogP contribution in [0.3, 0.4) is 0 Å². The maximum Gasteiger partial charge on any atom is 0.231 e. The standard InChI is InChI=1S/C16H18N4O4S2/c1-24-12-4-2-3-11(8-12)20-9-10(7-13(20)22)14(23)17-15-18-19-16(26-15)25-6-5-21/h2-4,8,10,21H,5-7,9H2,1H3,(H,17,18,23)/t10-/m0/s1. The molecule has 0 radical (unpaired) electrons. The van der Waals surface area contributed by atoms with Gasteiger partial charge in [-0.3, -0.25) is 9.59 Å². The number of hydrogen-bond donors (Lipinski definition) is 2. The highest BCUT2D eigenvalue weighted by Crippen LogP contribution is 2.29. The summed E-state index contributed by atoms with van der Waals surface area (Å²) in [5.74, 6) is 0.374. The zero-order valence-electron chi connectivity index (χ0n) is 14.0. The van der Waals surface area contributed by atoms with E-state index in [2.05, 4.69) is 15.5 Å². The van der Waals surface area contributed by atoms with E-state index in [1.807, 2.05) is 12.1 Å². The molecule has 1 aromatic heterocycles. The lowest BCUT2D eigenvalue weighted by atomic mass is 10.1. The van der Waals surface area contributed by atoms with E-state index in [1.54, 1.807) is 24.1 Å². The van der Waals surface area contributed by atoms with Crippen LogP contribution < -0.4 is 15.0 Å². The second-order valence-electron chi connectivity index (χ2n) is 5.54. The fourth-order valence-corrected chi connectivity index (χ4v) is 4.14. The molecule has 1 saturated heterocycles. The molecule has 2 heterocycles. The fraction of sp³-hybridized carbons (Fsp3) is 0.375. The Morgan fingerprint density at radius 2 is 2.35 bits per heavy atom. The van der Waals surface area contributed by atoms with Crippen LogP contribution >= 0.6 is 23.1 Å². The molecule has 0 spiro atoms. The number of methoxy groups -OCH3 is 1. The van der Waals surface area contributed by atoms with E-state index in [1.165, 1.54) is 23.1 Å². The Bertz CT molecular complexity index is 798. The van der Waals surface area contributed by atoms with Crippen LogP contribution in [0, 0.1) is 5.92 Å². The zero-order valence-corrected chi connectivity index (χ0v) is 15.7. The Balaban J connectivity index is 1.62. The molecule has 0 unspecified atom stereocenters. The number of anilines is 2. The average molecular weight is 394 g/mol. The molecule has 0 saturated carbocycles. The van der Waals surface area contributed by atoms with Crippen molar-refractivity contribution in [3.05, 3.63) is 24.3 Å². The van der Waals surface area contributed by atoms with Gasteiger partial charge in [0, 0.05) is 30.5 Å². The van der Waals surface area contributed by atoms with Gasteiger partial charge in [-0.2, -0.15) is 0 Å². The normalized spacial score (nSPS) is 16.8. The number of hydrogen-bond acceptors (Lipinski definition) is 8. The molecule has 1 atom stereocenters. The molecule has 138 valence electrons. The summed E-state index contributed by atoms with van der Waals surface area (Å²) in [5.41, 5.74) is 0.711. The summed E-state index contributed by atoms with van der Waals surface area (Å²) in [6.07, 6.45) is 0.147. The van der Waals surface area contributed by atoms with Crippen LogP contribution in [0.4, 0.5) is 10.8 Å². The van der Waals surface area contributed by atoms with Gasteiger partial charge in [0.15, 0.2) is 4.34 Å². The molecule has 26 heavy (non-hydrogen) atoms. The highest BCUT2D eigenvalue weighted by atomic mass is 32.2. The Morgan fingerprint density at radius 3 is 3.12 bits per heavy atom. The molecule has 1 fully saturated rings. The van der Waals surface area contributed by atoms with Crippen molar-refractivity contribution < 1.29 is 19.4 Å². The van der Waals surface area contributed by atoms with Crippen molar-refractivity contribution in [2.24, 2.45) is 5.92 Å². The zero-order chi connectivity index (χ0) is 18.5. The van der Waals surface area contributed by atoms with Gasteiger partial charge in [0.25, 0.3) is 0 Å². The summed E-state index contributed by atoms with van der Waals surface area (Å²) in [6, 6.07) is 7.20. The third-order valence-corrected chi connectivity index (χ3v) is 5.77. The summed E-state index contributed by atoms with van der Waals surface area (Å²) < 4.78 is 5.86. The molecule has 0 bridgehead atoms. The number of aromatic nitrogens is 2. The quantitative estimate of drug-likeness (QED) is 0.543. The van der Waals surface area contributed by atoms with Crippen molar-refractivity contribution in [1.29, 1.82) is 0 Å². The minimum atomic E-state index is -0.453. The fourth-order valence-electron chi connectivity index (χ4n) is 2.57. The third kappa shape index (κ3) is 4.32. The number of carbonyl (C=O) groups excluding carboxylic acids is 2. The SMILES string of the molecule is COc1cccc(N2C[C@@H](C(=O)Nc3nnc(SCCO)s3)CC2=O)c1. The predicted octanol–water partition coefficient (Wildman–Crippen LogP) is 1.62. The molecule has 2 aromatic rings. The smallest absolute Gasteiger partial charge is 0.231 e. The molecule has 0 aliphatic carbocycles. The number of rotatable bonds is 7. The number of aliphatic hydroxyl groups is 1. The molecular weight excluding hydrogens is 376 g/mol. The van der Waals surface area contributed by atoms with E-state index in [9.17, 15) is 9.59 Å². The lowest BCUT2D eigenvalue weighted by Crippen LogP contribution is -2.28. The van der Waals surface area contributed by atoms with Crippen molar-refractivity contribution in [1.82, 2.24) is 10.2 Å². The number of thioether (sulfide) groups is 1. The van der Waals surface area contributed by atoms with E-state index in [-0.39, 0.29) is 24.8 Å². The van der Waals surface area contributed by atoms with Crippen molar-refractivity contribution in [2.45, 2.75) is 10.8 Å². The molecule has 2 N–H and O–H groups in total. The van der Waals surface area contributed by atoms with Gasteiger partial charge in [-0.25, -0.2) is 0 Å². The van der Waals surface area contributed by atoms with Gasteiger partial charge >= 0.3 is 0 Å². The summed E-state index contributed by atoms with van der Waals surface area (Å²) >= 11 is 2.62. The second-order valence-corrected chi connectivity index (χ2v) is 7.86. The molecular formula is C16H18N4O4S2. The van der Waals surface area contributed by atoms with Crippen LogP contribution in [0.5, 0.6) is 5.75 Å². The highest BCUT2D eigenvalue weighted by Gasteiger charge is 2.35. The van der Waals surface area contributed by atoms with Crippen LogP contribution in [-0.4, -0.2) is 53.1 Å². The van der Waals surface area contributed by atoms with Gasteiger partial charge in [0.05, 0.1) is 19.6 Å². The van der Waals surface area contributed by atoms with E-state index in [4.69, 9.17) is 9.84 Å². The van der Waals surface area contributed by atoms with Crippen LogP contribution in [0.2, 0.25) is 0 Å². The van der Waals surface area contributed by atoms with E-state index in [0.717, 1.165) is 0 Å². The first-order valence-corrected chi connectivity index (χ1v) is 9.73. The highest BCUT2D eigenvalue weighted by molar-refractivity contribution is 8.01. The minimum absolute atomic E-state index is 0.0518. The molecule has 8 nitrogen and oxygen atoms in total. The number of nitrogens with zero attached hydrogens (tertiary/aromatic N) is 3. The van der Waals surface area contributed by atoms with E-state index >= 15 is 0 Å². The van der Waals surface area contributed by atoms with Gasteiger partial charge in [-0.1, -0.05) is 29.2 Å². The monoisotopic (exact) mass is 394 g/mol. The van der Waals surface area contributed by atoms with Gasteiger partial charge in [-0.15, -0.1) is 10.2 Å². The van der Waals surface area contributed by atoms with Crippen LogP contribution in [0.1, 0.15) is 6.42 Å². The predicted molar refractivity (Wildman–Crippen MR) is 99.8 cm³/mol. The van der Waals surface area contributed by atoms with Crippen molar-refractivity contribution in [3.63, 3.8) is 0 Å². The summed E-state index contributed by atoms with van der Waals surface area (Å²) in [6.45, 7) is 0.360. The maximum absolute atomic E-state index is 12.5. The van der Waals surface area contributed by atoms with E-state index in [0.29, 0.717) is 33.2 Å². The van der Waals surface area contributed by atoms with Crippen molar-refractivity contribution in [3.8, 4) is 5.75 Å². The number of aliphatic hydroxyl groups excluding tert-OH is 1. The summed E-state index contributed by atoms with van der Waals surface area (Å²) in [4.78, 5) is 26.4. The van der Waals surface area contributed by atoms with Gasteiger partial charge in [-0.05, 0) is 12.1 Å². The van der Waals surface area contributed by atoms with Crippen LogP contribution in [0.25, 0.3) is 0 Å². The number of amides is 2. The van der Waals surface area contributed by atoms with Gasteiger partial charge in [0.1, 0.15) is 5.75 Å². The molecule has 10 heteroatoms. The molecule has 2 amide bonds. The van der Waals surface area contributed by atoms with Crippen LogP contribution in [0.15, 0.2) is 28.6 Å². The lowest BCUT2D eigenvalue weighted by molar-refractivity contribution is -0.122. The molecule has 1 aliphatic heterocycles. The maximum atomic E-state index is 12.5. The molecule has 3 rings (SSSR count). The van der Waals surface area contributed by atoms with Crippen molar-refractivity contribution >= 4 is 45.7 Å². The lowest BCUT2D eigenvalue weighted by Gasteiger charge is -2.17. The molecule has 1 aromatic carbocycles. The average Bonchev–Trinajstić information content (AvgIpc) is 3.26. The number of carbonyl (C=O) groups is 2. The van der Waals surface area contributed by atoms with Gasteiger partial charge in [0.2, 0.25) is 16.9 Å². The van der Waals surface area contributed by atoms with Crippen LogP contribution in [-0.2, 0) is 9.59 Å². The second kappa shape index (κ2) is 8.47. The summed E-state index contributed by atoms with van der Waals surface area (Å²) in [5, 5.41) is 19.8. The number of benzene rings is 1. The van der Waals surface area contributed by atoms with E-state index < -0.39 is 5.92 Å². The van der Waals surface area contributed by atoms with Crippen molar-refractivity contribution in [2.75, 3.05) is 36.2 Å². The third-order valence-electron chi connectivity index (χ3n) is 3.81. The first-order chi connectivity index (χ1) is 12.6. The minimum Gasteiger partial charge on any atom is -0.497 e. The Hall–Kier alpha value is -2.17. The summed E-state index contributed by atoms with van der Waals surface area (Å²) in [7, 11) is 1.57.